The highest BCUT2D eigenvalue weighted by molar-refractivity contribution is 6.30. The Morgan fingerprint density at radius 1 is 1.00 bits per heavy atom. The van der Waals surface area contributed by atoms with Crippen LogP contribution in [0, 0.1) is 5.41 Å². The van der Waals surface area contributed by atoms with Crippen LogP contribution >= 0.6 is 11.6 Å². The van der Waals surface area contributed by atoms with Crippen molar-refractivity contribution in [1.82, 2.24) is 0 Å². The number of halogens is 1. The zero-order chi connectivity index (χ0) is 17.3. The third kappa shape index (κ3) is 5.24. The molecule has 0 bridgehead atoms. The summed E-state index contributed by atoms with van der Waals surface area (Å²) < 4.78 is 10.7. The van der Waals surface area contributed by atoms with Crippen molar-refractivity contribution in [2.24, 2.45) is 5.41 Å². The van der Waals surface area contributed by atoms with Crippen LogP contribution in [-0.4, -0.2) is 18.5 Å². The summed E-state index contributed by atoms with van der Waals surface area (Å²) in [6, 6.07) is 6.46. The van der Waals surface area contributed by atoms with E-state index in [2.05, 4.69) is 6.92 Å². The molecule has 1 rings (SSSR count). The lowest BCUT2D eigenvalue weighted by atomic mass is 9.82. The van der Waals surface area contributed by atoms with E-state index in [1.54, 1.807) is 38.1 Å². The minimum Gasteiger partial charge on any atom is -0.465 e. The van der Waals surface area contributed by atoms with Gasteiger partial charge in [-0.1, -0.05) is 45.2 Å². The number of rotatable bonds is 9. The second-order valence-electron chi connectivity index (χ2n) is 5.48. The SMILES string of the molecule is CCCCCOC(=O)C(CC)(CC)C(=O)Oc1ccc(Cl)cc1. The molecule has 0 N–H and O–H groups in total. The molecule has 0 radical (unpaired) electrons. The molecule has 23 heavy (non-hydrogen) atoms. The molecule has 4 nitrogen and oxygen atoms in total. The predicted molar refractivity (Wildman–Crippen MR) is 90.6 cm³/mol. The van der Waals surface area contributed by atoms with Gasteiger partial charge in [-0.25, -0.2) is 0 Å². The average molecular weight is 341 g/mol. The van der Waals surface area contributed by atoms with Crippen LogP contribution in [0.3, 0.4) is 0 Å². The zero-order valence-corrected chi connectivity index (χ0v) is 14.8. The molecule has 5 heteroatoms. The Balaban J connectivity index is 2.79. The van der Waals surface area contributed by atoms with Crippen molar-refractivity contribution in [2.45, 2.75) is 52.9 Å². The molecule has 0 heterocycles. The molecule has 1 aromatic carbocycles. The van der Waals surface area contributed by atoms with E-state index in [9.17, 15) is 9.59 Å². The Hall–Kier alpha value is -1.55. The van der Waals surface area contributed by atoms with Crippen molar-refractivity contribution >= 4 is 23.5 Å². The second-order valence-corrected chi connectivity index (χ2v) is 5.91. The van der Waals surface area contributed by atoms with Crippen LogP contribution < -0.4 is 4.74 Å². The lowest BCUT2D eigenvalue weighted by Crippen LogP contribution is -2.42. The monoisotopic (exact) mass is 340 g/mol. The van der Waals surface area contributed by atoms with Crippen LogP contribution in [0.15, 0.2) is 24.3 Å². The highest BCUT2D eigenvalue weighted by atomic mass is 35.5. The van der Waals surface area contributed by atoms with Gasteiger partial charge in [-0.2, -0.15) is 0 Å². The number of carbonyl (C=O) groups is 2. The van der Waals surface area contributed by atoms with Crippen LogP contribution in [-0.2, 0) is 14.3 Å². The highest BCUT2D eigenvalue weighted by Crippen LogP contribution is 2.31. The zero-order valence-electron chi connectivity index (χ0n) is 14.1. The van der Waals surface area contributed by atoms with Gasteiger partial charge in [0.05, 0.1) is 6.61 Å². The molecule has 0 saturated heterocycles. The third-order valence-electron chi connectivity index (χ3n) is 3.99. The lowest BCUT2D eigenvalue weighted by Gasteiger charge is -2.26. The van der Waals surface area contributed by atoms with Crippen LogP contribution in [0.5, 0.6) is 5.75 Å². The van der Waals surface area contributed by atoms with Gasteiger partial charge in [0.15, 0.2) is 5.41 Å². The number of hydrogen-bond acceptors (Lipinski definition) is 4. The van der Waals surface area contributed by atoms with Gasteiger partial charge in [0.2, 0.25) is 0 Å². The number of benzene rings is 1. The molecule has 1 aromatic rings. The van der Waals surface area contributed by atoms with Crippen LogP contribution in [0.1, 0.15) is 52.9 Å². The molecule has 0 aromatic heterocycles. The van der Waals surface area contributed by atoms with Gasteiger partial charge in [-0.05, 0) is 43.5 Å². The molecular formula is C18H25ClO4. The molecule has 0 unspecified atom stereocenters. The Bertz CT molecular complexity index is 506. The van der Waals surface area contributed by atoms with E-state index in [0.29, 0.717) is 30.2 Å². The highest BCUT2D eigenvalue weighted by Gasteiger charge is 2.46. The maximum atomic E-state index is 12.6. The summed E-state index contributed by atoms with van der Waals surface area (Å²) in [6.45, 7) is 6.00. The Morgan fingerprint density at radius 3 is 2.13 bits per heavy atom. The summed E-state index contributed by atoms with van der Waals surface area (Å²) in [4.78, 5) is 25.0. The Kier molecular flexibility index (Phi) is 8.10. The first-order valence-electron chi connectivity index (χ1n) is 8.15. The molecule has 0 aliphatic rings. The first-order valence-corrected chi connectivity index (χ1v) is 8.53. The number of unbranched alkanes of at least 4 members (excludes halogenated alkanes) is 2. The molecule has 0 spiro atoms. The van der Waals surface area contributed by atoms with Gasteiger partial charge in [0.25, 0.3) is 0 Å². The van der Waals surface area contributed by atoms with Crippen molar-refractivity contribution < 1.29 is 19.1 Å². The number of ether oxygens (including phenoxy) is 2. The number of esters is 2. The van der Waals surface area contributed by atoms with Crippen molar-refractivity contribution in [3.8, 4) is 5.75 Å². The lowest BCUT2D eigenvalue weighted by molar-refractivity contribution is -0.168. The van der Waals surface area contributed by atoms with Gasteiger partial charge in [0.1, 0.15) is 5.75 Å². The molecule has 0 atom stereocenters. The first kappa shape index (κ1) is 19.5. The molecule has 0 saturated carbocycles. The minimum atomic E-state index is -1.26. The summed E-state index contributed by atoms with van der Waals surface area (Å²) in [5.74, 6) is -0.715. The molecule has 0 aliphatic carbocycles. The molecule has 0 amide bonds. The number of hydrogen-bond donors (Lipinski definition) is 0. The second kappa shape index (κ2) is 9.56. The van der Waals surface area contributed by atoms with Gasteiger partial charge < -0.3 is 9.47 Å². The predicted octanol–water partition coefficient (Wildman–Crippen LogP) is 4.79. The van der Waals surface area contributed by atoms with Gasteiger partial charge in [0, 0.05) is 5.02 Å². The Morgan fingerprint density at radius 2 is 1.61 bits per heavy atom. The van der Waals surface area contributed by atoms with E-state index in [1.165, 1.54) is 0 Å². The molecule has 128 valence electrons. The Labute approximate surface area is 143 Å². The maximum Gasteiger partial charge on any atom is 0.328 e. The topological polar surface area (TPSA) is 52.6 Å². The van der Waals surface area contributed by atoms with E-state index in [1.807, 2.05) is 0 Å². The van der Waals surface area contributed by atoms with E-state index in [4.69, 9.17) is 21.1 Å². The van der Waals surface area contributed by atoms with Gasteiger partial charge in [-0.15, -0.1) is 0 Å². The third-order valence-corrected chi connectivity index (χ3v) is 4.25. The van der Waals surface area contributed by atoms with Crippen molar-refractivity contribution in [3.63, 3.8) is 0 Å². The molecular weight excluding hydrogens is 316 g/mol. The van der Waals surface area contributed by atoms with Crippen molar-refractivity contribution in [3.05, 3.63) is 29.3 Å². The van der Waals surface area contributed by atoms with Gasteiger partial charge in [-0.3, -0.25) is 9.59 Å². The van der Waals surface area contributed by atoms with E-state index < -0.39 is 17.4 Å². The fourth-order valence-corrected chi connectivity index (χ4v) is 2.40. The normalized spacial score (nSPS) is 11.1. The largest absolute Gasteiger partial charge is 0.465 e. The summed E-state index contributed by atoms with van der Waals surface area (Å²) in [5.41, 5.74) is -1.26. The molecule has 0 aliphatic heterocycles. The summed E-state index contributed by atoms with van der Waals surface area (Å²) in [7, 11) is 0. The van der Waals surface area contributed by atoms with Crippen molar-refractivity contribution in [2.75, 3.05) is 6.61 Å². The minimum absolute atomic E-state index is 0.336. The van der Waals surface area contributed by atoms with E-state index >= 15 is 0 Å². The average Bonchev–Trinajstić information content (AvgIpc) is 2.55. The smallest absolute Gasteiger partial charge is 0.328 e. The number of carbonyl (C=O) groups excluding carboxylic acids is 2. The van der Waals surface area contributed by atoms with Gasteiger partial charge >= 0.3 is 11.9 Å². The maximum absolute atomic E-state index is 12.6. The van der Waals surface area contributed by atoms with Crippen LogP contribution in [0.4, 0.5) is 0 Å². The van der Waals surface area contributed by atoms with Crippen LogP contribution in [0.2, 0.25) is 5.02 Å². The van der Waals surface area contributed by atoms with E-state index in [0.717, 1.165) is 19.3 Å². The van der Waals surface area contributed by atoms with Crippen LogP contribution in [0.25, 0.3) is 0 Å². The van der Waals surface area contributed by atoms with E-state index in [-0.39, 0.29) is 0 Å². The quantitative estimate of drug-likeness (QED) is 0.281. The molecule has 0 fully saturated rings. The fourth-order valence-electron chi connectivity index (χ4n) is 2.27. The van der Waals surface area contributed by atoms with Crippen molar-refractivity contribution in [1.29, 1.82) is 0 Å². The fraction of sp³-hybridized carbons (Fsp3) is 0.556. The first-order chi connectivity index (χ1) is 11.0. The summed E-state index contributed by atoms with van der Waals surface area (Å²) >= 11 is 5.81. The summed E-state index contributed by atoms with van der Waals surface area (Å²) in [6.07, 6.45) is 3.51. The standard InChI is InChI=1S/C18H25ClO4/c1-4-7-8-13-22-16(20)18(5-2,6-3)17(21)23-15-11-9-14(19)10-12-15/h9-12H,4-8,13H2,1-3H3. The summed E-state index contributed by atoms with van der Waals surface area (Å²) in [5, 5.41) is 0.553.